The number of hydrogen-bond donors (Lipinski definition) is 3. The molecular formula is C23H40IN5O. The predicted molar refractivity (Wildman–Crippen MR) is 137 cm³/mol. The van der Waals surface area contributed by atoms with Gasteiger partial charge in [-0.3, -0.25) is 4.79 Å². The highest BCUT2D eigenvalue weighted by molar-refractivity contribution is 14.0. The summed E-state index contributed by atoms with van der Waals surface area (Å²) in [6.07, 6.45) is 7.50. The van der Waals surface area contributed by atoms with Crippen LogP contribution in [0, 0.1) is 0 Å². The number of likely N-dealkylation sites (tertiary alicyclic amines) is 1. The summed E-state index contributed by atoms with van der Waals surface area (Å²) in [5.41, 5.74) is 1.73. The number of guanidine groups is 1. The smallest absolute Gasteiger partial charge is 0.251 e. The molecule has 1 fully saturated rings. The minimum absolute atomic E-state index is 0. The summed E-state index contributed by atoms with van der Waals surface area (Å²) in [6, 6.07) is 7.72. The van der Waals surface area contributed by atoms with E-state index in [9.17, 15) is 4.79 Å². The largest absolute Gasteiger partial charge is 0.357 e. The molecule has 0 aromatic heterocycles. The van der Waals surface area contributed by atoms with Gasteiger partial charge in [-0.05, 0) is 69.9 Å². The monoisotopic (exact) mass is 529 g/mol. The molecule has 6 nitrogen and oxygen atoms in total. The predicted octanol–water partition coefficient (Wildman–Crippen LogP) is 3.77. The Bertz CT molecular complexity index is 630. The van der Waals surface area contributed by atoms with Gasteiger partial charge in [0.2, 0.25) is 0 Å². The van der Waals surface area contributed by atoms with Crippen LogP contribution in [0.25, 0.3) is 0 Å². The van der Waals surface area contributed by atoms with Crippen molar-refractivity contribution in [2.75, 3.05) is 39.3 Å². The maximum Gasteiger partial charge on any atom is 0.251 e. The number of halogens is 1. The first-order valence-corrected chi connectivity index (χ1v) is 11.3. The molecule has 0 atom stereocenters. The molecule has 1 saturated heterocycles. The molecule has 1 aliphatic heterocycles. The van der Waals surface area contributed by atoms with Crippen LogP contribution in [0.2, 0.25) is 0 Å². The molecule has 0 unspecified atom stereocenters. The summed E-state index contributed by atoms with van der Waals surface area (Å²) in [5, 5.41) is 9.68. The molecule has 3 N–H and O–H groups in total. The van der Waals surface area contributed by atoms with E-state index in [0.29, 0.717) is 18.7 Å². The van der Waals surface area contributed by atoms with Gasteiger partial charge in [-0.2, -0.15) is 0 Å². The zero-order chi connectivity index (χ0) is 20.7. The second-order valence-electron chi connectivity index (χ2n) is 7.69. The van der Waals surface area contributed by atoms with E-state index in [4.69, 9.17) is 4.99 Å². The van der Waals surface area contributed by atoms with Crippen molar-refractivity contribution >= 4 is 35.8 Å². The molecule has 1 heterocycles. The minimum atomic E-state index is -0.0174. The van der Waals surface area contributed by atoms with E-state index in [1.165, 1.54) is 38.8 Å². The Morgan fingerprint density at radius 1 is 1.03 bits per heavy atom. The number of amides is 1. The standard InChI is InChI=1S/C23H39N5O.HI/c1-3-13-25-22(29)21-12-9-11-20(18-21)19-27-23(24-4-2)26-14-10-17-28-15-7-5-6-8-16-28;/h9,11-12,18H,3-8,10,13-17,19H2,1-2H3,(H,25,29)(H2,24,26,27);1H. The van der Waals surface area contributed by atoms with Crippen LogP contribution in [0.1, 0.15) is 68.3 Å². The van der Waals surface area contributed by atoms with E-state index in [0.717, 1.165) is 44.0 Å². The van der Waals surface area contributed by atoms with Gasteiger partial charge < -0.3 is 20.9 Å². The average molecular weight is 530 g/mol. The molecule has 1 amide bonds. The van der Waals surface area contributed by atoms with Crippen LogP contribution in [-0.2, 0) is 6.54 Å². The average Bonchev–Trinajstić information content (AvgIpc) is 3.02. The second kappa shape index (κ2) is 16.4. The van der Waals surface area contributed by atoms with Crippen LogP contribution in [0.5, 0.6) is 0 Å². The molecule has 30 heavy (non-hydrogen) atoms. The number of carbonyl (C=O) groups excluding carboxylic acids is 1. The zero-order valence-corrected chi connectivity index (χ0v) is 21.0. The van der Waals surface area contributed by atoms with Crippen molar-refractivity contribution in [2.45, 2.75) is 58.9 Å². The van der Waals surface area contributed by atoms with Crippen molar-refractivity contribution in [2.24, 2.45) is 4.99 Å². The van der Waals surface area contributed by atoms with Gasteiger partial charge in [0.25, 0.3) is 5.91 Å². The summed E-state index contributed by atoms with van der Waals surface area (Å²) >= 11 is 0. The Morgan fingerprint density at radius 3 is 2.50 bits per heavy atom. The van der Waals surface area contributed by atoms with Crippen molar-refractivity contribution < 1.29 is 4.79 Å². The van der Waals surface area contributed by atoms with Crippen LogP contribution in [-0.4, -0.2) is 56.0 Å². The molecule has 1 aromatic carbocycles. The van der Waals surface area contributed by atoms with E-state index >= 15 is 0 Å². The molecule has 0 aliphatic carbocycles. The Hall–Kier alpha value is -1.35. The lowest BCUT2D eigenvalue weighted by Gasteiger charge is -2.20. The van der Waals surface area contributed by atoms with E-state index in [1.54, 1.807) is 0 Å². The van der Waals surface area contributed by atoms with Crippen molar-refractivity contribution in [1.82, 2.24) is 20.9 Å². The molecule has 7 heteroatoms. The minimum Gasteiger partial charge on any atom is -0.357 e. The third kappa shape index (κ3) is 10.6. The second-order valence-corrected chi connectivity index (χ2v) is 7.69. The number of hydrogen-bond acceptors (Lipinski definition) is 3. The third-order valence-electron chi connectivity index (χ3n) is 5.13. The number of nitrogens with one attached hydrogen (secondary N) is 3. The molecule has 0 saturated carbocycles. The highest BCUT2D eigenvalue weighted by Crippen LogP contribution is 2.09. The highest BCUT2D eigenvalue weighted by atomic mass is 127. The third-order valence-corrected chi connectivity index (χ3v) is 5.13. The van der Waals surface area contributed by atoms with Gasteiger partial charge in [-0.25, -0.2) is 4.99 Å². The number of rotatable bonds is 10. The van der Waals surface area contributed by atoms with Crippen LogP contribution in [0.15, 0.2) is 29.3 Å². The Labute approximate surface area is 199 Å². The van der Waals surface area contributed by atoms with Crippen LogP contribution in [0.4, 0.5) is 0 Å². The molecule has 0 radical (unpaired) electrons. The Balaban J connectivity index is 0.00000450. The SMILES string of the molecule is CCCNC(=O)c1cccc(CN=C(NCC)NCCCN2CCCCCC2)c1.I. The number of aliphatic imine (C=N–C) groups is 1. The van der Waals surface area contributed by atoms with Gasteiger partial charge in [0.05, 0.1) is 6.54 Å². The maximum atomic E-state index is 12.1. The summed E-state index contributed by atoms with van der Waals surface area (Å²) in [7, 11) is 0. The summed E-state index contributed by atoms with van der Waals surface area (Å²) < 4.78 is 0. The topological polar surface area (TPSA) is 68.8 Å². The normalized spacial score (nSPS) is 15.1. The first-order valence-electron chi connectivity index (χ1n) is 11.3. The van der Waals surface area contributed by atoms with Crippen LogP contribution in [0.3, 0.4) is 0 Å². The first kappa shape index (κ1) is 26.7. The van der Waals surface area contributed by atoms with Gasteiger partial charge in [0, 0.05) is 25.2 Å². The number of benzene rings is 1. The maximum absolute atomic E-state index is 12.1. The zero-order valence-electron chi connectivity index (χ0n) is 18.7. The van der Waals surface area contributed by atoms with Gasteiger partial charge >= 0.3 is 0 Å². The lowest BCUT2D eigenvalue weighted by molar-refractivity contribution is 0.0953. The molecule has 2 rings (SSSR count). The summed E-state index contributed by atoms with van der Waals surface area (Å²) in [5.74, 6) is 0.820. The summed E-state index contributed by atoms with van der Waals surface area (Å²) in [4.78, 5) is 19.4. The molecule has 0 spiro atoms. The van der Waals surface area contributed by atoms with Crippen molar-refractivity contribution in [3.63, 3.8) is 0 Å². The van der Waals surface area contributed by atoms with Gasteiger partial charge in [-0.15, -0.1) is 24.0 Å². The van der Waals surface area contributed by atoms with E-state index in [1.807, 2.05) is 24.3 Å². The first-order chi connectivity index (χ1) is 14.2. The van der Waals surface area contributed by atoms with Gasteiger partial charge in [0.15, 0.2) is 5.96 Å². The van der Waals surface area contributed by atoms with Crippen molar-refractivity contribution in [3.05, 3.63) is 35.4 Å². The summed E-state index contributed by atoms with van der Waals surface area (Å²) in [6.45, 7) is 10.8. The van der Waals surface area contributed by atoms with E-state index < -0.39 is 0 Å². The lowest BCUT2D eigenvalue weighted by Crippen LogP contribution is -2.39. The number of nitrogens with zero attached hydrogens (tertiary/aromatic N) is 2. The van der Waals surface area contributed by atoms with Gasteiger partial charge in [-0.1, -0.05) is 31.9 Å². The Kier molecular flexibility index (Phi) is 14.5. The Morgan fingerprint density at radius 2 is 1.80 bits per heavy atom. The fourth-order valence-electron chi connectivity index (χ4n) is 3.53. The van der Waals surface area contributed by atoms with Crippen molar-refractivity contribution in [1.29, 1.82) is 0 Å². The number of carbonyl (C=O) groups is 1. The fraction of sp³-hybridized carbons (Fsp3) is 0.652. The molecule has 0 bridgehead atoms. The van der Waals surface area contributed by atoms with Crippen LogP contribution < -0.4 is 16.0 Å². The highest BCUT2D eigenvalue weighted by Gasteiger charge is 2.08. The van der Waals surface area contributed by atoms with E-state index in [-0.39, 0.29) is 29.9 Å². The molecular weight excluding hydrogens is 489 g/mol. The quantitative estimate of drug-likeness (QED) is 0.187. The molecule has 1 aliphatic rings. The fourth-order valence-corrected chi connectivity index (χ4v) is 3.53. The van der Waals surface area contributed by atoms with Crippen molar-refractivity contribution in [3.8, 4) is 0 Å². The molecule has 170 valence electrons. The lowest BCUT2D eigenvalue weighted by atomic mass is 10.1. The molecule has 1 aromatic rings. The van der Waals surface area contributed by atoms with E-state index in [2.05, 4.69) is 34.7 Å². The van der Waals surface area contributed by atoms with Gasteiger partial charge in [0.1, 0.15) is 0 Å². The van der Waals surface area contributed by atoms with Crippen LogP contribution >= 0.6 is 24.0 Å².